The Hall–Kier alpha value is -3.15. The maximum absolute atomic E-state index is 5.69. The number of anilines is 3. The minimum absolute atomic E-state index is 0.453. The third kappa shape index (κ3) is 3.44. The summed E-state index contributed by atoms with van der Waals surface area (Å²) in [6.45, 7) is 0. The van der Waals surface area contributed by atoms with Crippen LogP contribution in [-0.2, 0) is 0 Å². The molecule has 0 atom stereocenters. The van der Waals surface area contributed by atoms with Gasteiger partial charge in [0.1, 0.15) is 29.0 Å². The molecule has 0 bridgehead atoms. The van der Waals surface area contributed by atoms with Gasteiger partial charge in [-0.15, -0.1) is 0 Å². The van der Waals surface area contributed by atoms with Crippen LogP contribution in [-0.4, -0.2) is 15.0 Å². The number of nitrogens with two attached hydrogens (primary N) is 1. The minimum atomic E-state index is 0.453. The van der Waals surface area contributed by atoms with E-state index < -0.39 is 0 Å². The van der Waals surface area contributed by atoms with Crippen LogP contribution in [0.3, 0.4) is 0 Å². The van der Waals surface area contributed by atoms with Crippen molar-refractivity contribution < 1.29 is 4.74 Å². The smallest absolute Gasteiger partial charge is 0.145 e. The first-order chi connectivity index (χ1) is 10.3. The summed E-state index contributed by atoms with van der Waals surface area (Å²) in [5.41, 5.74) is 5.54. The van der Waals surface area contributed by atoms with Crippen molar-refractivity contribution >= 4 is 17.5 Å². The standard InChI is InChI=1S/C15H13N5O/c16-13-5-4-12(10-19-13)21-11-6-8-18-15(9-11)20-14-3-1-2-7-17-14/h1-10H,(H2,16,19)(H,17,18,20). The molecule has 0 spiro atoms. The molecule has 0 aromatic carbocycles. The van der Waals surface area contributed by atoms with Gasteiger partial charge in [-0.25, -0.2) is 15.0 Å². The predicted octanol–water partition coefficient (Wildman–Crippen LogP) is 2.99. The minimum Gasteiger partial charge on any atom is -0.456 e. The molecule has 3 N–H and O–H groups in total. The van der Waals surface area contributed by atoms with Crippen LogP contribution in [0.25, 0.3) is 0 Å². The van der Waals surface area contributed by atoms with Crippen LogP contribution in [0.4, 0.5) is 17.5 Å². The number of pyridine rings is 3. The van der Waals surface area contributed by atoms with Crippen LogP contribution in [0.2, 0.25) is 0 Å². The summed E-state index contributed by atoms with van der Waals surface area (Å²) >= 11 is 0. The Balaban J connectivity index is 1.75. The Morgan fingerprint density at radius 3 is 2.52 bits per heavy atom. The van der Waals surface area contributed by atoms with Crippen molar-refractivity contribution in [2.45, 2.75) is 0 Å². The Bertz CT molecular complexity index is 716. The summed E-state index contributed by atoms with van der Waals surface area (Å²) in [5.74, 6) is 3.08. The quantitative estimate of drug-likeness (QED) is 0.763. The van der Waals surface area contributed by atoms with E-state index in [2.05, 4.69) is 20.3 Å². The molecule has 6 heteroatoms. The van der Waals surface area contributed by atoms with Gasteiger partial charge in [0, 0.05) is 18.5 Å². The summed E-state index contributed by atoms with van der Waals surface area (Å²) in [5, 5.41) is 3.10. The highest BCUT2D eigenvalue weighted by atomic mass is 16.5. The van der Waals surface area contributed by atoms with Gasteiger partial charge in [-0.2, -0.15) is 0 Å². The van der Waals surface area contributed by atoms with Gasteiger partial charge >= 0.3 is 0 Å². The van der Waals surface area contributed by atoms with E-state index in [1.54, 1.807) is 42.9 Å². The number of rotatable bonds is 4. The largest absolute Gasteiger partial charge is 0.456 e. The highest BCUT2D eigenvalue weighted by Gasteiger charge is 2.01. The van der Waals surface area contributed by atoms with Gasteiger partial charge in [-0.1, -0.05) is 6.07 Å². The van der Waals surface area contributed by atoms with E-state index in [0.29, 0.717) is 23.1 Å². The third-order valence-corrected chi connectivity index (χ3v) is 2.65. The molecule has 0 aliphatic heterocycles. The topological polar surface area (TPSA) is 86.0 Å². The molecule has 3 rings (SSSR count). The van der Waals surface area contributed by atoms with Crippen LogP contribution in [0.5, 0.6) is 11.5 Å². The molecular weight excluding hydrogens is 266 g/mol. The van der Waals surface area contributed by atoms with E-state index in [4.69, 9.17) is 10.5 Å². The predicted molar refractivity (Wildman–Crippen MR) is 80.5 cm³/mol. The Kier molecular flexibility index (Phi) is 3.60. The number of ether oxygens (including phenoxy) is 1. The average molecular weight is 279 g/mol. The van der Waals surface area contributed by atoms with Gasteiger partial charge in [-0.05, 0) is 30.3 Å². The van der Waals surface area contributed by atoms with Crippen LogP contribution in [0, 0.1) is 0 Å². The zero-order valence-corrected chi connectivity index (χ0v) is 11.1. The van der Waals surface area contributed by atoms with E-state index in [9.17, 15) is 0 Å². The van der Waals surface area contributed by atoms with Crippen LogP contribution < -0.4 is 15.8 Å². The van der Waals surface area contributed by atoms with Crippen molar-refractivity contribution in [3.63, 3.8) is 0 Å². The van der Waals surface area contributed by atoms with Gasteiger partial charge in [0.15, 0.2) is 0 Å². The molecule has 0 aliphatic rings. The lowest BCUT2D eigenvalue weighted by atomic mass is 10.4. The van der Waals surface area contributed by atoms with Crippen LogP contribution in [0.15, 0.2) is 61.1 Å². The summed E-state index contributed by atoms with van der Waals surface area (Å²) in [7, 11) is 0. The highest BCUT2D eigenvalue weighted by molar-refractivity contribution is 5.53. The number of hydrogen-bond donors (Lipinski definition) is 2. The molecule has 0 fully saturated rings. The molecule has 104 valence electrons. The molecule has 21 heavy (non-hydrogen) atoms. The number of aromatic nitrogens is 3. The Labute approximate surface area is 121 Å². The summed E-state index contributed by atoms with van der Waals surface area (Å²) in [6, 6.07) is 12.6. The molecule has 3 aromatic rings. The molecule has 0 amide bonds. The van der Waals surface area contributed by atoms with E-state index in [0.717, 1.165) is 5.82 Å². The fourth-order valence-electron chi connectivity index (χ4n) is 1.70. The SMILES string of the molecule is Nc1ccc(Oc2ccnc(Nc3ccccn3)c2)cn1. The average Bonchev–Trinajstić information content (AvgIpc) is 2.51. The molecule has 0 radical (unpaired) electrons. The lowest BCUT2D eigenvalue weighted by molar-refractivity contribution is 0.480. The first kappa shape index (κ1) is 12.9. The van der Waals surface area contributed by atoms with Gasteiger partial charge in [0.05, 0.1) is 6.20 Å². The second kappa shape index (κ2) is 5.87. The monoisotopic (exact) mass is 279 g/mol. The second-order valence-electron chi connectivity index (χ2n) is 4.24. The lowest BCUT2D eigenvalue weighted by Gasteiger charge is -2.08. The van der Waals surface area contributed by atoms with E-state index in [1.165, 1.54) is 0 Å². The van der Waals surface area contributed by atoms with Gasteiger partial charge in [0.2, 0.25) is 0 Å². The summed E-state index contributed by atoms with van der Waals surface area (Å²) in [4.78, 5) is 12.4. The first-order valence-corrected chi connectivity index (χ1v) is 6.33. The number of nitrogens with one attached hydrogen (secondary N) is 1. The van der Waals surface area contributed by atoms with Crippen molar-refractivity contribution in [1.82, 2.24) is 15.0 Å². The lowest BCUT2D eigenvalue weighted by Crippen LogP contribution is -1.96. The third-order valence-electron chi connectivity index (χ3n) is 2.65. The molecule has 0 unspecified atom stereocenters. The van der Waals surface area contributed by atoms with Crippen molar-refractivity contribution in [2.75, 3.05) is 11.1 Å². The molecular formula is C15H13N5O. The number of nitrogens with zero attached hydrogens (tertiary/aromatic N) is 3. The van der Waals surface area contributed by atoms with Crippen molar-refractivity contribution in [1.29, 1.82) is 0 Å². The number of nitrogen functional groups attached to an aromatic ring is 1. The fraction of sp³-hybridized carbons (Fsp3) is 0. The number of hydrogen-bond acceptors (Lipinski definition) is 6. The molecule has 0 aliphatic carbocycles. The maximum Gasteiger partial charge on any atom is 0.145 e. The van der Waals surface area contributed by atoms with Gasteiger partial charge < -0.3 is 15.8 Å². The van der Waals surface area contributed by atoms with E-state index >= 15 is 0 Å². The molecule has 3 aromatic heterocycles. The van der Waals surface area contributed by atoms with Crippen LogP contribution in [0.1, 0.15) is 0 Å². The summed E-state index contributed by atoms with van der Waals surface area (Å²) < 4.78 is 5.69. The van der Waals surface area contributed by atoms with Gasteiger partial charge in [-0.3, -0.25) is 0 Å². The zero-order valence-electron chi connectivity index (χ0n) is 11.1. The highest BCUT2D eigenvalue weighted by Crippen LogP contribution is 2.23. The van der Waals surface area contributed by atoms with Crippen molar-refractivity contribution in [3.8, 4) is 11.5 Å². The van der Waals surface area contributed by atoms with E-state index in [-0.39, 0.29) is 0 Å². The van der Waals surface area contributed by atoms with Crippen molar-refractivity contribution in [3.05, 3.63) is 61.1 Å². The second-order valence-corrected chi connectivity index (χ2v) is 4.24. The Morgan fingerprint density at radius 1 is 0.857 bits per heavy atom. The summed E-state index contributed by atoms with van der Waals surface area (Å²) in [6.07, 6.45) is 4.94. The van der Waals surface area contributed by atoms with Gasteiger partial charge in [0.25, 0.3) is 0 Å². The maximum atomic E-state index is 5.69. The fourth-order valence-corrected chi connectivity index (χ4v) is 1.70. The van der Waals surface area contributed by atoms with Crippen molar-refractivity contribution in [2.24, 2.45) is 0 Å². The first-order valence-electron chi connectivity index (χ1n) is 6.33. The molecule has 6 nitrogen and oxygen atoms in total. The zero-order chi connectivity index (χ0) is 14.5. The normalized spacial score (nSPS) is 10.1. The van der Waals surface area contributed by atoms with Crippen LogP contribution >= 0.6 is 0 Å². The Morgan fingerprint density at radius 2 is 1.76 bits per heavy atom. The molecule has 3 heterocycles. The van der Waals surface area contributed by atoms with E-state index in [1.807, 2.05) is 18.2 Å². The molecule has 0 saturated heterocycles. The molecule has 0 saturated carbocycles.